The summed E-state index contributed by atoms with van der Waals surface area (Å²) in [6, 6.07) is 7.63. The van der Waals surface area contributed by atoms with Crippen molar-refractivity contribution in [2.24, 2.45) is 0 Å². The average molecular weight is 368 g/mol. The first-order chi connectivity index (χ1) is 11.7. The molecule has 25 heavy (non-hydrogen) atoms. The minimum atomic E-state index is -2.10. The van der Waals surface area contributed by atoms with Gasteiger partial charge in [-0.3, -0.25) is 8.86 Å². The fourth-order valence-corrected chi connectivity index (χ4v) is 3.68. The van der Waals surface area contributed by atoms with Gasteiger partial charge in [-0.05, 0) is 57.7 Å². The maximum atomic E-state index is 12.1. The van der Waals surface area contributed by atoms with E-state index in [1.165, 1.54) is 9.87 Å². The van der Waals surface area contributed by atoms with Crippen LogP contribution in [0, 0.1) is 0 Å². The zero-order valence-electron chi connectivity index (χ0n) is 15.4. The summed E-state index contributed by atoms with van der Waals surface area (Å²) in [6.07, 6.45) is 1.86. The van der Waals surface area contributed by atoms with Crippen molar-refractivity contribution >= 4 is 23.0 Å². The molecule has 7 heteroatoms. The van der Waals surface area contributed by atoms with Crippen LogP contribution in [0.1, 0.15) is 46.1 Å². The smallest absolute Gasteiger partial charge is 0.410 e. The van der Waals surface area contributed by atoms with Gasteiger partial charge < -0.3 is 9.64 Å². The molecule has 0 spiro atoms. The molecule has 1 heterocycles. The monoisotopic (exact) mass is 368 g/mol. The second kappa shape index (κ2) is 8.19. The quantitative estimate of drug-likeness (QED) is 0.825. The van der Waals surface area contributed by atoms with E-state index in [-0.39, 0.29) is 12.1 Å². The standard InChI is InChI=1S/C18H28N2O4S/c1-5-14-6-8-15(9-7-14)20(25(22)23)16-10-12-19(13-11-16)17(21)24-18(2,3)4/h6-9,16H,5,10-13H2,1-4H3,(H,22,23). The van der Waals surface area contributed by atoms with Gasteiger partial charge in [-0.25, -0.2) is 9.00 Å². The summed E-state index contributed by atoms with van der Waals surface area (Å²) < 4.78 is 28.6. The number of aryl methyl sites for hydroxylation is 1. The second-order valence-corrected chi connectivity index (χ2v) is 8.13. The molecule has 1 aromatic carbocycles. The lowest BCUT2D eigenvalue weighted by atomic mass is 10.0. The number of hydrogen-bond acceptors (Lipinski definition) is 3. The summed E-state index contributed by atoms with van der Waals surface area (Å²) in [4.78, 5) is 13.8. The number of anilines is 1. The summed E-state index contributed by atoms with van der Waals surface area (Å²) in [5.41, 5.74) is 1.40. The topological polar surface area (TPSA) is 70.1 Å². The van der Waals surface area contributed by atoms with Crippen molar-refractivity contribution in [2.45, 2.75) is 58.6 Å². The van der Waals surface area contributed by atoms with E-state index in [2.05, 4.69) is 6.92 Å². The number of likely N-dealkylation sites (tertiary alicyclic amines) is 1. The van der Waals surface area contributed by atoms with Gasteiger partial charge in [0.2, 0.25) is 0 Å². The molecule has 1 aromatic rings. The lowest BCUT2D eigenvalue weighted by Gasteiger charge is -2.37. The maximum absolute atomic E-state index is 12.1. The van der Waals surface area contributed by atoms with Gasteiger partial charge in [-0.1, -0.05) is 19.1 Å². The third kappa shape index (κ3) is 5.44. The Morgan fingerprint density at radius 1 is 1.28 bits per heavy atom. The number of rotatable bonds is 4. The first-order valence-electron chi connectivity index (χ1n) is 8.68. The number of carbonyl (C=O) groups excluding carboxylic acids is 1. The molecule has 2 rings (SSSR count). The molecule has 0 radical (unpaired) electrons. The van der Waals surface area contributed by atoms with Gasteiger partial charge >= 0.3 is 6.09 Å². The molecule has 0 bridgehead atoms. The van der Waals surface area contributed by atoms with Gasteiger partial charge in [0.25, 0.3) is 11.3 Å². The second-order valence-electron chi connectivity index (χ2n) is 7.28. The highest BCUT2D eigenvalue weighted by Crippen LogP contribution is 2.26. The molecule has 1 saturated heterocycles. The number of benzene rings is 1. The Morgan fingerprint density at radius 3 is 2.28 bits per heavy atom. The SMILES string of the molecule is CCc1ccc(N(C2CCN(C(=O)OC(C)(C)C)CC2)S(=O)O)cc1. The molecule has 0 aromatic heterocycles. The lowest BCUT2D eigenvalue weighted by Crippen LogP contribution is -2.48. The Labute approximate surface area is 152 Å². The molecule has 6 nitrogen and oxygen atoms in total. The van der Waals surface area contributed by atoms with E-state index in [1.54, 1.807) is 4.90 Å². The largest absolute Gasteiger partial charge is 0.444 e. The van der Waals surface area contributed by atoms with E-state index in [0.29, 0.717) is 25.9 Å². The molecule has 1 fully saturated rings. The lowest BCUT2D eigenvalue weighted by molar-refractivity contribution is 0.0208. The van der Waals surface area contributed by atoms with Crippen LogP contribution in [-0.2, 0) is 22.4 Å². The van der Waals surface area contributed by atoms with E-state index in [1.807, 2.05) is 45.0 Å². The highest BCUT2D eigenvalue weighted by atomic mass is 32.2. The van der Waals surface area contributed by atoms with Crippen molar-refractivity contribution in [1.29, 1.82) is 0 Å². The van der Waals surface area contributed by atoms with Crippen LogP contribution < -0.4 is 4.31 Å². The van der Waals surface area contributed by atoms with Crippen molar-refractivity contribution in [3.05, 3.63) is 29.8 Å². The molecule has 1 amide bonds. The molecular formula is C18H28N2O4S. The predicted octanol–water partition coefficient (Wildman–Crippen LogP) is 3.59. The summed E-state index contributed by atoms with van der Waals surface area (Å²) in [5, 5.41) is 0. The number of amides is 1. The molecule has 1 aliphatic rings. The first-order valence-corrected chi connectivity index (χ1v) is 9.74. The zero-order chi connectivity index (χ0) is 18.6. The summed E-state index contributed by atoms with van der Waals surface area (Å²) in [6.45, 7) is 8.63. The highest BCUT2D eigenvalue weighted by molar-refractivity contribution is 7.80. The molecule has 1 atom stereocenters. The third-order valence-electron chi connectivity index (χ3n) is 4.22. The normalized spacial score (nSPS) is 17.2. The van der Waals surface area contributed by atoms with E-state index in [9.17, 15) is 13.6 Å². The van der Waals surface area contributed by atoms with Crippen molar-refractivity contribution in [2.75, 3.05) is 17.4 Å². The third-order valence-corrected chi connectivity index (χ3v) is 5.06. The molecule has 1 unspecified atom stereocenters. The Hall–Kier alpha value is -1.60. The summed E-state index contributed by atoms with van der Waals surface area (Å²) >= 11 is -2.10. The molecule has 140 valence electrons. The Morgan fingerprint density at radius 2 is 1.84 bits per heavy atom. The fraction of sp³-hybridized carbons (Fsp3) is 0.611. The predicted molar refractivity (Wildman–Crippen MR) is 99.9 cm³/mol. The van der Waals surface area contributed by atoms with Gasteiger partial charge in [-0.15, -0.1) is 0 Å². The van der Waals surface area contributed by atoms with Crippen LogP contribution in [0.2, 0.25) is 0 Å². The molecular weight excluding hydrogens is 340 g/mol. The average Bonchev–Trinajstić information content (AvgIpc) is 2.54. The van der Waals surface area contributed by atoms with E-state index in [0.717, 1.165) is 12.1 Å². The zero-order valence-corrected chi connectivity index (χ0v) is 16.2. The van der Waals surface area contributed by atoms with Crippen LogP contribution >= 0.6 is 0 Å². The molecule has 0 saturated carbocycles. The van der Waals surface area contributed by atoms with Gasteiger partial charge in [0.05, 0.1) is 5.69 Å². The minimum absolute atomic E-state index is 0.0861. The van der Waals surface area contributed by atoms with E-state index < -0.39 is 16.9 Å². The molecule has 1 N–H and O–H groups in total. The van der Waals surface area contributed by atoms with Gasteiger partial charge in [0, 0.05) is 19.1 Å². The van der Waals surface area contributed by atoms with Crippen LogP contribution in [0.3, 0.4) is 0 Å². The highest BCUT2D eigenvalue weighted by Gasteiger charge is 2.31. The molecule has 0 aliphatic carbocycles. The van der Waals surface area contributed by atoms with Crippen molar-refractivity contribution in [3.8, 4) is 0 Å². The maximum Gasteiger partial charge on any atom is 0.410 e. The van der Waals surface area contributed by atoms with Crippen molar-refractivity contribution in [1.82, 2.24) is 4.90 Å². The van der Waals surface area contributed by atoms with E-state index in [4.69, 9.17) is 4.74 Å². The number of piperidine rings is 1. The number of ether oxygens (including phenoxy) is 1. The summed E-state index contributed by atoms with van der Waals surface area (Å²) in [7, 11) is 0. The Kier molecular flexibility index (Phi) is 6.46. The number of carbonyl (C=O) groups is 1. The minimum Gasteiger partial charge on any atom is -0.444 e. The number of nitrogens with zero attached hydrogens (tertiary/aromatic N) is 2. The van der Waals surface area contributed by atoms with Crippen molar-refractivity contribution in [3.63, 3.8) is 0 Å². The number of hydrogen-bond donors (Lipinski definition) is 1. The van der Waals surface area contributed by atoms with Crippen molar-refractivity contribution < 1.29 is 18.3 Å². The van der Waals surface area contributed by atoms with Crippen LogP contribution in [0.25, 0.3) is 0 Å². The fourth-order valence-electron chi connectivity index (χ4n) is 2.92. The first kappa shape index (κ1) is 19.7. The van der Waals surface area contributed by atoms with Gasteiger partial charge in [-0.2, -0.15) is 0 Å². The van der Waals surface area contributed by atoms with Gasteiger partial charge in [0.15, 0.2) is 0 Å². The molecule has 1 aliphatic heterocycles. The van der Waals surface area contributed by atoms with Gasteiger partial charge in [0.1, 0.15) is 5.60 Å². The van der Waals surface area contributed by atoms with Crippen LogP contribution in [-0.4, -0.2) is 44.5 Å². The van der Waals surface area contributed by atoms with E-state index >= 15 is 0 Å². The Bertz CT molecular complexity index is 604. The summed E-state index contributed by atoms with van der Waals surface area (Å²) in [5.74, 6) is 0. The van der Waals surface area contributed by atoms with Crippen LogP contribution in [0.5, 0.6) is 0 Å². The van der Waals surface area contributed by atoms with Crippen LogP contribution in [0.15, 0.2) is 24.3 Å². The Balaban J connectivity index is 2.03. The van der Waals surface area contributed by atoms with Crippen LogP contribution in [0.4, 0.5) is 10.5 Å².